The summed E-state index contributed by atoms with van der Waals surface area (Å²) in [4.78, 5) is 12.7. The number of ether oxygens (including phenoxy) is 1. The Hall–Kier alpha value is -2.71. The Morgan fingerprint density at radius 2 is 1.93 bits per heavy atom. The number of hydrogen-bond acceptors (Lipinski definition) is 4. The first kappa shape index (κ1) is 19.3. The number of carbonyl (C=O) groups excluding carboxylic acids is 1. The highest BCUT2D eigenvalue weighted by molar-refractivity contribution is 6.02. The molecule has 1 saturated heterocycles. The molecule has 0 unspecified atom stereocenters. The fourth-order valence-electron chi connectivity index (χ4n) is 5.91. The highest BCUT2D eigenvalue weighted by Crippen LogP contribution is 2.52. The van der Waals surface area contributed by atoms with Crippen LogP contribution in [0.2, 0.25) is 0 Å². The largest absolute Gasteiger partial charge is 0.381 e. The van der Waals surface area contributed by atoms with E-state index in [2.05, 4.69) is 41.9 Å². The van der Waals surface area contributed by atoms with Gasteiger partial charge in [0.05, 0.1) is 23.0 Å². The van der Waals surface area contributed by atoms with Crippen molar-refractivity contribution in [1.82, 2.24) is 9.78 Å². The molecule has 5 rings (SSSR count). The first-order valence-electron chi connectivity index (χ1n) is 11.0. The third-order valence-corrected chi connectivity index (χ3v) is 7.43. The van der Waals surface area contributed by atoms with E-state index in [1.807, 2.05) is 19.1 Å². The van der Waals surface area contributed by atoms with Crippen LogP contribution < -0.4 is 0 Å². The van der Waals surface area contributed by atoms with Gasteiger partial charge in [-0.3, -0.25) is 9.48 Å². The molecular formula is C25H27N3O2. The van der Waals surface area contributed by atoms with E-state index in [9.17, 15) is 10.1 Å². The number of nitriles is 1. The maximum absolute atomic E-state index is 12.7. The van der Waals surface area contributed by atoms with Gasteiger partial charge in [0.25, 0.3) is 0 Å². The van der Waals surface area contributed by atoms with Gasteiger partial charge in [0.2, 0.25) is 0 Å². The molecule has 5 nitrogen and oxygen atoms in total. The van der Waals surface area contributed by atoms with Crippen molar-refractivity contribution in [2.24, 2.45) is 11.8 Å². The number of aromatic nitrogens is 2. The molecule has 30 heavy (non-hydrogen) atoms. The van der Waals surface area contributed by atoms with Gasteiger partial charge in [0.15, 0.2) is 5.78 Å². The molecule has 0 bridgehead atoms. The van der Waals surface area contributed by atoms with Gasteiger partial charge in [0, 0.05) is 35.7 Å². The maximum atomic E-state index is 12.7. The molecule has 3 atom stereocenters. The molecule has 0 spiro atoms. The summed E-state index contributed by atoms with van der Waals surface area (Å²) in [6.07, 6.45) is 5.67. The SMILES string of the molecule is C[C@H]1C(=O)C(C#N)=C[C@@]2(C)c3c(c(-c4ccccc4)nn3C3CCOCC3)CC[C@H]12. The van der Waals surface area contributed by atoms with E-state index in [4.69, 9.17) is 9.84 Å². The Bertz CT molecular complexity index is 1060. The molecule has 5 heteroatoms. The molecule has 3 aliphatic rings. The minimum Gasteiger partial charge on any atom is -0.381 e. The fourth-order valence-corrected chi connectivity index (χ4v) is 5.91. The third kappa shape index (κ3) is 2.78. The van der Waals surface area contributed by atoms with E-state index in [1.165, 1.54) is 11.3 Å². The number of fused-ring (bicyclic) bond motifs is 3. The lowest BCUT2D eigenvalue weighted by atomic mass is 9.57. The van der Waals surface area contributed by atoms with Gasteiger partial charge in [-0.05, 0) is 31.6 Å². The van der Waals surface area contributed by atoms with Gasteiger partial charge in [-0.15, -0.1) is 0 Å². The summed E-state index contributed by atoms with van der Waals surface area (Å²) in [5, 5.41) is 14.8. The van der Waals surface area contributed by atoms with Crippen molar-refractivity contribution in [3.8, 4) is 17.3 Å². The molecule has 2 aromatic rings. The molecule has 0 saturated carbocycles. The lowest BCUT2D eigenvalue weighted by Gasteiger charge is -2.46. The molecule has 0 radical (unpaired) electrons. The summed E-state index contributed by atoms with van der Waals surface area (Å²) < 4.78 is 7.85. The number of nitrogens with zero attached hydrogens (tertiary/aromatic N) is 3. The van der Waals surface area contributed by atoms with Crippen molar-refractivity contribution in [2.75, 3.05) is 13.2 Å². The van der Waals surface area contributed by atoms with Crippen LogP contribution in [0.5, 0.6) is 0 Å². The van der Waals surface area contributed by atoms with Crippen molar-refractivity contribution in [3.63, 3.8) is 0 Å². The Balaban J connectivity index is 1.75. The van der Waals surface area contributed by atoms with Gasteiger partial charge in [-0.2, -0.15) is 10.4 Å². The number of hydrogen-bond donors (Lipinski definition) is 0. The van der Waals surface area contributed by atoms with Crippen molar-refractivity contribution in [3.05, 3.63) is 53.2 Å². The quantitative estimate of drug-likeness (QED) is 0.748. The predicted molar refractivity (Wildman–Crippen MR) is 114 cm³/mol. The van der Waals surface area contributed by atoms with E-state index in [-0.39, 0.29) is 29.1 Å². The van der Waals surface area contributed by atoms with Crippen LogP contribution in [-0.2, 0) is 21.4 Å². The van der Waals surface area contributed by atoms with Crippen LogP contribution in [-0.4, -0.2) is 28.8 Å². The van der Waals surface area contributed by atoms with Gasteiger partial charge in [0.1, 0.15) is 6.07 Å². The van der Waals surface area contributed by atoms with Crippen molar-refractivity contribution in [1.29, 1.82) is 5.26 Å². The van der Waals surface area contributed by atoms with Gasteiger partial charge < -0.3 is 4.74 Å². The summed E-state index contributed by atoms with van der Waals surface area (Å²) in [6.45, 7) is 5.69. The molecule has 1 fully saturated rings. The highest BCUT2D eigenvalue weighted by Gasteiger charge is 2.51. The third-order valence-electron chi connectivity index (χ3n) is 7.43. The second kappa shape index (κ2) is 7.21. The van der Waals surface area contributed by atoms with Gasteiger partial charge in [-0.1, -0.05) is 50.3 Å². The Kier molecular flexibility index (Phi) is 4.63. The number of benzene rings is 1. The second-order valence-electron chi connectivity index (χ2n) is 9.08. The van der Waals surface area contributed by atoms with Crippen molar-refractivity contribution < 1.29 is 9.53 Å². The second-order valence-corrected chi connectivity index (χ2v) is 9.08. The summed E-state index contributed by atoms with van der Waals surface area (Å²) in [6, 6.07) is 12.8. The lowest BCUT2D eigenvalue weighted by Crippen LogP contribution is -2.46. The zero-order chi connectivity index (χ0) is 20.9. The molecule has 1 aromatic heterocycles. The van der Waals surface area contributed by atoms with E-state index in [1.54, 1.807) is 0 Å². The normalized spacial score (nSPS) is 29.0. The fraction of sp³-hybridized carbons (Fsp3) is 0.480. The van der Waals surface area contributed by atoms with Gasteiger partial charge >= 0.3 is 0 Å². The Morgan fingerprint density at radius 3 is 2.63 bits per heavy atom. The predicted octanol–water partition coefficient (Wildman–Crippen LogP) is 4.39. The number of allylic oxidation sites excluding steroid dienone is 2. The minimum atomic E-state index is -0.371. The van der Waals surface area contributed by atoms with Crippen LogP contribution in [0.1, 0.15) is 50.4 Å². The van der Waals surface area contributed by atoms with E-state index < -0.39 is 0 Å². The van der Waals surface area contributed by atoms with Crippen molar-refractivity contribution in [2.45, 2.75) is 51.0 Å². The van der Waals surface area contributed by atoms with Crippen LogP contribution in [0.15, 0.2) is 42.0 Å². The zero-order valence-corrected chi connectivity index (χ0v) is 17.6. The van der Waals surface area contributed by atoms with E-state index in [0.29, 0.717) is 5.57 Å². The monoisotopic (exact) mass is 401 g/mol. The minimum absolute atomic E-state index is 0.0103. The smallest absolute Gasteiger partial charge is 0.176 e. The van der Waals surface area contributed by atoms with Gasteiger partial charge in [-0.25, -0.2) is 0 Å². The molecule has 1 aromatic carbocycles. The Morgan fingerprint density at radius 1 is 1.20 bits per heavy atom. The zero-order valence-electron chi connectivity index (χ0n) is 17.6. The molecule has 2 aliphatic carbocycles. The average Bonchev–Trinajstić information content (AvgIpc) is 3.19. The molecule has 0 amide bonds. The van der Waals surface area contributed by atoms with Crippen LogP contribution in [0.25, 0.3) is 11.3 Å². The summed E-state index contributed by atoms with van der Waals surface area (Å²) in [7, 11) is 0. The van der Waals surface area contributed by atoms with Crippen LogP contribution in [0.3, 0.4) is 0 Å². The molecule has 154 valence electrons. The van der Waals surface area contributed by atoms with Crippen molar-refractivity contribution >= 4 is 5.78 Å². The molecule has 1 aliphatic heterocycles. The first-order valence-corrected chi connectivity index (χ1v) is 11.0. The lowest BCUT2D eigenvalue weighted by molar-refractivity contribution is -0.121. The molecular weight excluding hydrogens is 374 g/mol. The number of ketones is 1. The number of carbonyl (C=O) groups is 1. The highest BCUT2D eigenvalue weighted by atomic mass is 16.5. The topological polar surface area (TPSA) is 67.9 Å². The molecule has 2 heterocycles. The summed E-state index contributed by atoms with van der Waals surface area (Å²) in [5.41, 5.74) is 4.59. The van der Waals surface area contributed by atoms with E-state index in [0.717, 1.165) is 50.2 Å². The van der Waals surface area contributed by atoms with Crippen LogP contribution in [0.4, 0.5) is 0 Å². The number of rotatable bonds is 2. The van der Waals surface area contributed by atoms with E-state index >= 15 is 0 Å². The maximum Gasteiger partial charge on any atom is 0.176 e. The molecule has 0 N–H and O–H groups in total. The summed E-state index contributed by atoms with van der Waals surface area (Å²) >= 11 is 0. The van der Waals surface area contributed by atoms with Crippen LogP contribution >= 0.6 is 0 Å². The standard InChI is InChI=1S/C25H27N3O2/c1-16-21-9-8-20-22(17-6-4-3-5-7-17)27-28(19-10-12-30-13-11-19)24(20)25(21,2)14-18(15-26)23(16)29/h3-7,14,16,19,21H,8-13H2,1-2H3/t16-,21-,25-/m1/s1. The first-order chi connectivity index (χ1) is 14.5. The van der Waals surface area contributed by atoms with Crippen LogP contribution in [0, 0.1) is 23.2 Å². The Labute approximate surface area is 177 Å². The summed E-state index contributed by atoms with van der Waals surface area (Å²) in [5.74, 6) is 0.0263. The number of Topliss-reactive ketones (excluding diaryl/α,β-unsaturated/α-hetero) is 1. The average molecular weight is 402 g/mol.